The molecule has 1 aromatic carbocycles. The number of hydrogen-bond acceptors (Lipinski definition) is 3. The van der Waals surface area contributed by atoms with Crippen LogP contribution in [0.3, 0.4) is 0 Å². The summed E-state index contributed by atoms with van der Waals surface area (Å²) < 4.78 is 33.6. The van der Waals surface area contributed by atoms with Gasteiger partial charge in [0.2, 0.25) is 0 Å². The fourth-order valence-electron chi connectivity index (χ4n) is 1.30. The van der Waals surface area contributed by atoms with Crippen LogP contribution in [0, 0.1) is 0 Å². The van der Waals surface area contributed by atoms with Crippen LogP contribution in [-0.2, 0) is 0 Å². The van der Waals surface area contributed by atoms with Crippen molar-refractivity contribution < 1.29 is 23.4 Å². The number of benzene rings is 1. The normalized spacial score (nSPS) is 11.3. The van der Waals surface area contributed by atoms with Crippen LogP contribution in [0.5, 0.6) is 11.5 Å². The topological polar surface area (TPSA) is 96.8 Å². The van der Waals surface area contributed by atoms with Crippen molar-refractivity contribution in [1.29, 1.82) is 0 Å². The number of nitrogens with one attached hydrogen (secondary N) is 1. The second-order valence-corrected chi connectivity index (χ2v) is 3.51. The Morgan fingerprint density at radius 1 is 1.32 bits per heavy atom. The number of hydrazone groups is 1. The number of nitrogens with two attached hydrogens (primary N) is 2. The van der Waals surface area contributed by atoms with Gasteiger partial charge in [0, 0.05) is 5.56 Å². The number of methoxy groups -OCH3 is 1. The fraction of sp³-hybridized carbons (Fsp3) is 0.273. The molecule has 0 bridgehead atoms. The van der Waals surface area contributed by atoms with Crippen molar-refractivity contribution in [2.24, 2.45) is 16.6 Å². The van der Waals surface area contributed by atoms with Gasteiger partial charge in [-0.25, -0.2) is 0 Å². The van der Waals surface area contributed by atoms with Crippen LogP contribution in [-0.4, -0.2) is 25.4 Å². The highest BCUT2D eigenvalue weighted by Crippen LogP contribution is 2.29. The van der Waals surface area contributed by atoms with Gasteiger partial charge in [0.05, 0.1) is 12.8 Å². The van der Waals surface area contributed by atoms with Crippen molar-refractivity contribution >= 4 is 11.7 Å². The lowest BCUT2D eigenvalue weighted by Gasteiger charge is -2.10. The molecule has 0 aliphatic rings. The average molecular weight is 273 g/mol. The van der Waals surface area contributed by atoms with Gasteiger partial charge in [-0.15, -0.1) is 5.10 Å². The van der Waals surface area contributed by atoms with E-state index in [-0.39, 0.29) is 17.5 Å². The molecule has 0 saturated carbocycles. The van der Waals surface area contributed by atoms with Crippen molar-refractivity contribution in [1.82, 2.24) is 0 Å². The molecule has 0 spiro atoms. The summed E-state index contributed by atoms with van der Waals surface area (Å²) in [5.41, 5.74) is 11.6. The van der Waals surface area contributed by atoms with Crippen molar-refractivity contribution in [3.05, 3.63) is 23.8 Å². The van der Waals surface area contributed by atoms with E-state index in [1.54, 1.807) is 13.0 Å². The quantitative estimate of drug-likeness (QED) is 0.378. The fourth-order valence-corrected chi connectivity index (χ4v) is 1.30. The molecule has 0 aliphatic heterocycles. The van der Waals surface area contributed by atoms with Gasteiger partial charge in [-0.1, -0.05) is 0 Å². The van der Waals surface area contributed by atoms with E-state index in [2.05, 4.69) is 14.9 Å². The number of hydrogen-bond donors (Lipinski definition) is 3. The minimum atomic E-state index is -2.91. The lowest BCUT2D eigenvalue weighted by Crippen LogP contribution is -2.72. The summed E-state index contributed by atoms with van der Waals surface area (Å²) in [7, 11) is 1.35. The lowest BCUT2D eigenvalue weighted by atomic mass is 10.1. The average Bonchev–Trinajstić information content (AvgIpc) is 2.35. The van der Waals surface area contributed by atoms with E-state index in [0.717, 1.165) is 0 Å². The smallest absolute Gasteiger partial charge is 0.387 e. The molecule has 0 amide bonds. The van der Waals surface area contributed by atoms with Crippen molar-refractivity contribution in [2.45, 2.75) is 13.5 Å². The van der Waals surface area contributed by atoms with Gasteiger partial charge in [-0.3, -0.25) is 11.5 Å². The molecular weight excluding hydrogens is 258 g/mol. The molecule has 5 N–H and O–H groups in total. The molecule has 6 nitrogen and oxygen atoms in total. The van der Waals surface area contributed by atoms with Crippen LogP contribution in [0.4, 0.5) is 8.78 Å². The first-order chi connectivity index (χ1) is 8.93. The Labute approximate surface area is 108 Å². The molecular formula is C11H15F2N4O2+. The van der Waals surface area contributed by atoms with Crippen molar-refractivity contribution in [3.63, 3.8) is 0 Å². The highest BCUT2D eigenvalue weighted by Gasteiger charge is 2.12. The molecule has 1 aromatic rings. The van der Waals surface area contributed by atoms with Crippen LogP contribution in [0.25, 0.3) is 0 Å². The van der Waals surface area contributed by atoms with Gasteiger partial charge >= 0.3 is 12.6 Å². The molecule has 0 unspecified atom stereocenters. The molecule has 104 valence electrons. The second-order valence-electron chi connectivity index (χ2n) is 3.51. The Bertz CT molecular complexity index is 499. The third-order valence-corrected chi connectivity index (χ3v) is 2.15. The third kappa shape index (κ3) is 4.41. The van der Waals surface area contributed by atoms with Crippen molar-refractivity contribution in [2.75, 3.05) is 7.11 Å². The van der Waals surface area contributed by atoms with Gasteiger partial charge < -0.3 is 9.47 Å². The third-order valence-electron chi connectivity index (χ3n) is 2.15. The predicted octanol–water partition coefficient (Wildman–Crippen LogP) is -0.625. The lowest BCUT2D eigenvalue weighted by molar-refractivity contribution is -0.464. The van der Waals surface area contributed by atoms with Gasteiger partial charge in [-0.05, 0) is 25.1 Å². The summed E-state index contributed by atoms with van der Waals surface area (Å²) in [4.78, 5) is 0. The number of alkyl halides is 2. The van der Waals surface area contributed by atoms with E-state index in [1.165, 1.54) is 19.2 Å². The van der Waals surface area contributed by atoms with Gasteiger partial charge in [0.1, 0.15) is 0 Å². The first-order valence-corrected chi connectivity index (χ1v) is 5.25. The van der Waals surface area contributed by atoms with Gasteiger partial charge in [0.25, 0.3) is 0 Å². The van der Waals surface area contributed by atoms with E-state index in [4.69, 9.17) is 16.2 Å². The van der Waals surface area contributed by atoms with E-state index in [1.807, 2.05) is 0 Å². The maximum atomic E-state index is 12.2. The largest absolute Gasteiger partial charge is 0.493 e. The van der Waals surface area contributed by atoms with E-state index in [9.17, 15) is 8.78 Å². The van der Waals surface area contributed by atoms with Crippen LogP contribution in [0.15, 0.2) is 23.3 Å². The number of ether oxygens (including phenoxy) is 2. The van der Waals surface area contributed by atoms with Crippen LogP contribution in [0.2, 0.25) is 0 Å². The molecule has 0 aliphatic carbocycles. The summed E-state index contributed by atoms with van der Waals surface area (Å²) >= 11 is 0. The monoisotopic (exact) mass is 273 g/mol. The van der Waals surface area contributed by atoms with Crippen LogP contribution >= 0.6 is 0 Å². The van der Waals surface area contributed by atoms with E-state index in [0.29, 0.717) is 11.3 Å². The first-order valence-electron chi connectivity index (χ1n) is 5.25. The molecule has 0 fully saturated rings. The maximum absolute atomic E-state index is 12.2. The minimum absolute atomic E-state index is 0.0492. The maximum Gasteiger partial charge on any atom is 0.387 e. The minimum Gasteiger partial charge on any atom is -0.493 e. The van der Waals surface area contributed by atoms with Crippen LogP contribution < -0.4 is 26.0 Å². The predicted molar refractivity (Wildman–Crippen MR) is 66.2 cm³/mol. The Balaban J connectivity index is 3.06. The van der Waals surface area contributed by atoms with E-state index >= 15 is 0 Å². The Hall–Kier alpha value is -2.38. The SMILES string of the molecule is COc1cc(/C(C)=N\[NH+]=C(N)N)ccc1OC(F)F. The summed E-state index contributed by atoms with van der Waals surface area (Å²) in [5, 5.41) is 6.29. The zero-order valence-corrected chi connectivity index (χ0v) is 10.5. The van der Waals surface area contributed by atoms with Gasteiger partial charge in [-0.2, -0.15) is 13.9 Å². The molecule has 19 heavy (non-hydrogen) atoms. The standard InChI is InChI=1S/C11H14F2N4O2/c1-6(16-17-11(14)15)7-3-4-8(19-10(12)13)9(5-7)18-2/h3-5,10H,1-2H3,(H4,14,15,17)/p+1/b16-6-. The molecule has 0 atom stereocenters. The second kappa shape index (κ2) is 6.53. The Morgan fingerprint density at radius 2 is 2.00 bits per heavy atom. The first kappa shape index (κ1) is 14.7. The number of nitrogens with zero attached hydrogens (tertiary/aromatic N) is 1. The summed E-state index contributed by atoms with van der Waals surface area (Å²) in [6, 6.07) is 4.45. The summed E-state index contributed by atoms with van der Waals surface area (Å²) in [5.74, 6) is 0.0768. The van der Waals surface area contributed by atoms with Crippen LogP contribution in [0.1, 0.15) is 12.5 Å². The van der Waals surface area contributed by atoms with E-state index < -0.39 is 6.61 Å². The molecule has 0 radical (unpaired) electrons. The zero-order chi connectivity index (χ0) is 14.4. The summed E-state index contributed by atoms with van der Waals surface area (Å²) in [6.07, 6.45) is 0. The molecule has 1 rings (SSSR count). The number of halogens is 2. The highest BCUT2D eigenvalue weighted by molar-refractivity contribution is 5.98. The Morgan fingerprint density at radius 3 is 2.53 bits per heavy atom. The zero-order valence-electron chi connectivity index (χ0n) is 10.5. The molecule has 0 saturated heterocycles. The molecule has 0 heterocycles. The highest BCUT2D eigenvalue weighted by atomic mass is 19.3. The number of guanidine groups is 1. The molecule has 8 heteroatoms. The Kier molecular flexibility index (Phi) is 5.04. The van der Waals surface area contributed by atoms with Crippen molar-refractivity contribution in [3.8, 4) is 11.5 Å². The van der Waals surface area contributed by atoms with Gasteiger partial charge in [0.15, 0.2) is 11.5 Å². The summed E-state index contributed by atoms with van der Waals surface area (Å²) in [6.45, 7) is -1.22. The molecule has 0 aromatic heterocycles. The number of rotatable bonds is 5.